The van der Waals surface area contributed by atoms with Crippen LogP contribution < -0.4 is 5.32 Å². The number of hydrogen-bond acceptors (Lipinski definition) is 1. The molecule has 2 nitrogen and oxygen atoms in total. The van der Waals surface area contributed by atoms with Gasteiger partial charge in [-0.15, -0.1) is 0 Å². The molecule has 0 atom stereocenters. The Hall–Kier alpha value is -1.45. The molecule has 2 rings (SSSR count). The summed E-state index contributed by atoms with van der Waals surface area (Å²) < 4.78 is 26.5. The summed E-state index contributed by atoms with van der Waals surface area (Å²) in [6.45, 7) is 3.94. The molecule has 80 valence electrons. The van der Waals surface area contributed by atoms with E-state index in [0.717, 1.165) is 5.56 Å². The second-order valence-corrected chi connectivity index (χ2v) is 3.99. The van der Waals surface area contributed by atoms with Crippen molar-refractivity contribution in [3.8, 4) is 0 Å². The maximum absolute atomic E-state index is 13.3. The van der Waals surface area contributed by atoms with Crippen LogP contribution in [-0.4, -0.2) is 5.91 Å². The molecule has 0 bridgehead atoms. The number of nitrogens with one attached hydrogen (secondary N) is 1. The first-order valence-electron chi connectivity index (χ1n) is 4.76. The van der Waals surface area contributed by atoms with Crippen LogP contribution in [0.2, 0.25) is 0 Å². The van der Waals surface area contributed by atoms with E-state index in [1.54, 1.807) is 12.1 Å². The van der Waals surface area contributed by atoms with Gasteiger partial charge in [0.05, 0.1) is 11.3 Å². The topological polar surface area (TPSA) is 29.1 Å². The van der Waals surface area contributed by atoms with Crippen molar-refractivity contribution in [2.45, 2.75) is 25.7 Å². The quantitative estimate of drug-likeness (QED) is 0.760. The predicted octanol–water partition coefficient (Wildman–Crippen LogP) is 2.85. The highest BCUT2D eigenvalue weighted by Crippen LogP contribution is 2.41. The number of benzene rings is 1. The fourth-order valence-corrected chi connectivity index (χ4v) is 1.62. The van der Waals surface area contributed by atoms with E-state index in [4.69, 9.17) is 0 Å². The molecule has 1 aromatic rings. The minimum absolute atomic E-state index is 0.225. The SMILES string of the molecule is CC(C)c1ccc2c(c1)NC(=O)C2(F)F. The summed E-state index contributed by atoms with van der Waals surface area (Å²) in [5.74, 6) is -4.37. The van der Waals surface area contributed by atoms with Gasteiger partial charge >= 0.3 is 5.92 Å². The molecule has 15 heavy (non-hydrogen) atoms. The maximum atomic E-state index is 13.3. The molecule has 1 N–H and O–H groups in total. The molecule has 0 aromatic heterocycles. The Kier molecular flexibility index (Phi) is 2.03. The van der Waals surface area contributed by atoms with Gasteiger partial charge in [0.25, 0.3) is 5.91 Å². The number of rotatable bonds is 1. The Morgan fingerprint density at radius 3 is 2.60 bits per heavy atom. The average molecular weight is 211 g/mol. The van der Waals surface area contributed by atoms with E-state index >= 15 is 0 Å². The van der Waals surface area contributed by atoms with Crippen LogP contribution in [0.4, 0.5) is 14.5 Å². The van der Waals surface area contributed by atoms with Crippen molar-refractivity contribution in [2.24, 2.45) is 0 Å². The monoisotopic (exact) mass is 211 g/mol. The number of fused-ring (bicyclic) bond motifs is 1. The van der Waals surface area contributed by atoms with Crippen LogP contribution in [-0.2, 0) is 10.7 Å². The fraction of sp³-hybridized carbons (Fsp3) is 0.364. The molecular formula is C11H11F2NO. The van der Waals surface area contributed by atoms with Gasteiger partial charge in [0.1, 0.15) is 0 Å². The molecule has 1 aliphatic heterocycles. The molecule has 0 spiro atoms. The van der Waals surface area contributed by atoms with Gasteiger partial charge in [-0.2, -0.15) is 8.78 Å². The number of alkyl halides is 2. The van der Waals surface area contributed by atoms with Gasteiger partial charge in [0, 0.05) is 0 Å². The van der Waals surface area contributed by atoms with Gasteiger partial charge < -0.3 is 5.32 Å². The zero-order chi connectivity index (χ0) is 11.2. The number of halogens is 2. The van der Waals surface area contributed by atoms with E-state index in [0.29, 0.717) is 0 Å². The average Bonchev–Trinajstić information content (AvgIpc) is 2.38. The minimum Gasteiger partial charge on any atom is -0.320 e. The number of anilines is 1. The summed E-state index contributed by atoms with van der Waals surface area (Å²) in [6, 6.07) is 4.57. The molecule has 0 fully saturated rings. The highest BCUT2D eigenvalue weighted by molar-refractivity contribution is 6.03. The molecule has 4 heteroatoms. The lowest BCUT2D eigenvalue weighted by Gasteiger charge is -2.09. The minimum atomic E-state index is -3.38. The fourth-order valence-electron chi connectivity index (χ4n) is 1.62. The van der Waals surface area contributed by atoms with Gasteiger partial charge in [-0.3, -0.25) is 4.79 Å². The zero-order valence-corrected chi connectivity index (χ0v) is 8.47. The van der Waals surface area contributed by atoms with Crippen LogP contribution >= 0.6 is 0 Å². The second-order valence-electron chi connectivity index (χ2n) is 3.99. The highest BCUT2D eigenvalue weighted by atomic mass is 19.3. The van der Waals surface area contributed by atoms with Crippen molar-refractivity contribution in [3.05, 3.63) is 29.3 Å². The summed E-state index contributed by atoms with van der Waals surface area (Å²) in [7, 11) is 0. The van der Waals surface area contributed by atoms with Crippen LogP contribution in [0.1, 0.15) is 30.9 Å². The van der Waals surface area contributed by atoms with Crippen molar-refractivity contribution in [3.63, 3.8) is 0 Å². The predicted molar refractivity (Wildman–Crippen MR) is 53.1 cm³/mol. The molecule has 1 aliphatic rings. The van der Waals surface area contributed by atoms with Crippen molar-refractivity contribution in [2.75, 3.05) is 5.32 Å². The Labute approximate surface area is 86.3 Å². The van der Waals surface area contributed by atoms with Crippen LogP contribution in [0.15, 0.2) is 18.2 Å². The summed E-state index contributed by atoms with van der Waals surface area (Å²) >= 11 is 0. The molecule has 1 heterocycles. The van der Waals surface area contributed by atoms with Gasteiger partial charge in [0.15, 0.2) is 0 Å². The normalized spacial score (nSPS) is 17.8. The van der Waals surface area contributed by atoms with E-state index in [9.17, 15) is 13.6 Å². The standard InChI is InChI=1S/C11H11F2NO/c1-6(2)7-3-4-8-9(5-7)14-10(15)11(8,12)13/h3-6H,1-2H3,(H,14,15). The summed E-state index contributed by atoms with van der Waals surface area (Å²) in [4.78, 5) is 11.0. The Morgan fingerprint density at radius 2 is 2.00 bits per heavy atom. The lowest BCUT2D eigenvalue weighted by molar-refractivity contribution is -0.139. The van der Waals surface area contributed by atoms with Crippen molar-refractivity contribution in [1.82, 2.24) is 0 Å². The van der Waals surface area contributed by atoms with Crippen LogP contribution in [0.3, 0.4) is 0 Å². The lowest BCUT2D eigenvalue weighted by atomic mass is 9.99. The molecule has 0 radical (unpaired) electrons. The summed E-state index contributed by atoms with van der Waals surface area (Å²) in [6.07, 6.45) is 0. The largest absolute Gasteiger partial charge is 0.352 e. The first kappa shape index (κ1) is 10.1. The van der Waals surface area contributed by atoms with E-state index in [1.165, 1.54) is 6.07 Å². The van der Waals surface area contributed by atoms with E-state index in [-0.39, 0.29) is 17.2 Å². The smallest absolute Gasteiger partial charge is 0.320 e. The van der Waals surface area contributed by atoms with Crippen molar-refractivity contribution >= 4 is 11.6 Å². The van der Waals surface area contributed by atoms with Crippen LogP contribution in [0.5, 0.6) is 0 Å². The third-order valence-corrected chi connectivity index (χ3v) is 2.58. The molecule has 0 saturated heterocycles. The summed E-state index contributed by atoms with van der Waals surface area (Å²) in [5, 5.41) is 2.19. The lowest BCUT2D eigenvalue weighted by Crippen LogP contribution is -2.23. The molecule has 0 unspecified atom stereocenters. The second kappa shape index (κ2) is 3.02. The first-order valence-corrected chi connectivity index (χ1v) is 4.76. The molecule has 1 amide bonds. The molecule has 0 saturated carbocycles. The van der Waals surface area contributed by atoms with Gasteiger partial charge in [-0.25, -0.2) is 0 Å². The number of hydrogen-bond donors (Lipinski definition) is 1. The number of carbonyl (C=O) groups is 1. The first-order chi connectivity index (χ1) is 6.93. The van der Waals surface area contributed by atoms with Gasteiger partial charge in [0.2, 0.25) is 0 Å². The highest BCUT2D eigenvalue weighted by Gasteiger charge is 2.48. The van der Waals surface area contributed by atoms with Gasteiger partial charge in [-0.1, -0.05) is 26.0 Å². The third-order valence-electron chi connectivity index (χ3n) is 2.58. The van der Waals surface area contributed by atoms with Gasteiger partial charge in [-0.05, 0) is 17.5 Å². The molecular weight excluding hydrogens is 200 g/mol. The molecule has 0 aliphatic carbocycles. The summed E-state index contributed by atoms with van der Waals surface area (Å²) in [5.41, 5.74) is 0.944. The number of carbonyl (C=O) groups excluding carboxylic acids is 1. The van der Waals surface area contributed by atoms with Crippen LogP contribution in [0, 0.1) is 0 Å². The zero-order valence-electron chi connectivity index (χ0n) is 8.47. The Balaban J connectivity index is 2.51. The number of amides is 1. The molecule has 1 aromatic carbocycles. The third kappa shape index (κ3) is 1.40. The van der Waals surface area contributed by atoms with Crippen LogP contribution in [0.25, 0.3) is 0 Å². The Morgan fingerprint density at radius 1 is 1.33 bits per heavy atom. The van der Waals surface area contributed by atoms with E-state index < -0.39 is 11.8 Å². The Bertz CT molecular complexity index is 427. The van der Waals surface area contributed by atoms with Crippen molar-refractivity contribution < 1.29 is 13.6 Å². The van der Waals surface area contributed by atoms with E-state index in [1.807, 2.05) is 13.8 Å². The van der Waals surface area contributed by atoms with E-state index in [2.05, 4.69) is 5.32 Å². The van der Waals surface area contributed by atoms with Crippen molar-refractivity contribution in [1.29, 1.82) is 0 Å². The maximum Gasteiger partial charge on any atom is 0.352 e.